The van der Waals surface area contributed by atoms with Gasteiger partial charge in [-0.15, -0.1) is 0 Å². The van der Waals surface area contributed by atoms with Crippen molar-refractivity contribution in [2.24, 2.45) is 16.5 Å². The van der Waals surface area contributed by atoms with Gasteiger partial charge in [0.05, 0.1) is 6.04 Å². The highest BCUT2D eigenvalue weighted by Crippen LogP contribution is 2.35. The number of rotatable bonds is 2. The molecule has 1 rings (SSSR count). The van der Waals surface area contributed by atoms with Gasteiger partial charge in [-0.1, -0.05) is 0 Å². The van der Waals surface area contributed by atoms with Crippen LogP contribution in [0, 0.1) is 0 Å². The minimum absolute atomic E-state index is 0.00519. The Kier molecular flexibility index (Phi) is 2.06. The predicted molar refractivity (Wildman–Crippen MR) is 44.5 cm³/mol. The molecular formula is C7H13N3O2. The van der Waals surface area contributed by atoms with E-state index in [4.69, 9.17) is 11.5 Å². The lowest BCUT2D eigenvalue weighted by Gasteiger charge is -2.39. The average molecular weight is 171 g/mol. The van der Waals surface area contributed by atoms with Crippen LogP contribution in [0.1, 0.15) is 19.8 Å². The Balaban J connectivity index is 2.47. The van der Waals surface area contributed by atoms with Crippen molar-refractivity contribution in [3.05, 3.63) is 0 Å². The smallest absolute Gasteiger partial charge is 0.186 e. The van der Waals surface area contributed by atoms with Crippen LogP contribution in [0.5, 0.6) is 0 Å². The molecule has 0 aliphatic heterocycles. The molecule has 0 aromatic heterocycles. The molecule has 68 valence electrons. The third-order valence-corrected chi connectivity index (χ3v) is 2.13. The van der Waals surface area contributed by atoms with E-state index >= 15 is 0 Å². The molecule has 0 aromatic rings. The molecule has 0 bridgehead atoms. The third-order valence-electron chi connectivity index (χ3n) is 2.13. The number of nitrogens with zero attached hydrogens (tertiary/aromatic N) is 1. The highest BCUT2D eigenvalue weighted by molar-refractivity contribution is 5.86. The number of ketones is 1. The Morgan fingerprint density at radius 2 is 2.08 bits per heavy atom. The van der Waals surface area contributed by atoms with Crippen LogP contribution >= 0.6 is 0 Å². The van der Waals surface area contributed by atoms with Gasteiger partial charge in [-0.05, 0) is 6.92 Å². The van der Waals surface area contributed by atoms with Crippen molar-refractivity contribution in [1.29, 1.82) is 0 Å². The summed E-state index contributed by atoms with van der Waals surface area (Å²) >= 11 is 0. The van der Waals surface area contributed by atoms with Crippen molar-refractivity contribution >= 4 is 11.7 Å². The van der Waals surface area contributed by atoms with E-state index in [1.54, 1.807) is 0 Å². The van der Waals surface area contributed by atoms with Crippen LogP contribution < -0.4 is 11.5 Å². The molecule has 0 unspecified atom stereocenters. The SMILES string of the molecule is CC(=O)C1(O)CC(N=C(N)N)C1. The van der Waals surface area contributed by atoms with Gasteiger partial charge in [-0.2, -0.15) is 0 Å². The van der Waals surface area contributed by atoms with Gasteiger partial charge < -0.3 is 16.6 Å². The van der Waals surface area contributed by atoms with Gasteiger partial charge in [-0.25, -0.2) is 0 Å². The number of aliphatic hydroxyl groups is 1. The molecule has 0 amide bonds. The summed E-state index contributed by atoms with van der Waals surface area (Å²) in [6.45, 7) is 1.37. The fraction of sp³-hybridized carbons (Fsp3) is 0.714. The van der Waals surface area contributed by atoms with E-state index < -0.39 is 5.60 Å². The van der Waals surface area contributed by atoms with Crippen molar-refractivity contribution in [2.45, 2.75) is 31.4 Å². The first-order chi connectivity index (χ1) is 5.44. The molecule has 0 spiro atoms. The lowest BCUT2D eigenvalue weighted by molar-refractivity contribution is -0.145. The zero-order valence-electron chi connectivity index (χ0n) is 6.95. The third kappa shape index (κ3) is 1.55. The highest BCUT2D eigenvalue weighted by Gasteiger charge is 2.46. The molecule has 0 radical (unpaired) electrons. The van der Waals surface area contributed by atoms with Crippen molar-refractivity contribution in [1.82, 2.24) is 0 Å². The Bertz CT molecular complexity index is 227. The van der Waals surface area contributed by atoms with Crippen LogP contribution in [-0.2, 0) is 4.79 Å². The standard InChI is InChI=1S/C7H13N3O2/c1-4(11)7(12)2-5(3-7)10-6(8)9/h5,12H,2-3H2,1H3,(H4,8,9,10). The number of hydrogen-bond acceptors (Lipinski definition) is 3. The van der Waals surface area contributed by atoms with E-state index in [9.17, 15) is 9.90 Å². The Labute approximate surface area is 70.5 Å². The summed E-state index contributed by atoms with van der Waals surface area (Å²) in [7, 11) is 0. The summed E-state index contributed by atoms with van der Waals surface area (Å²) in [6.07, 6.45) is 0.667. The maximum atomic E-state index is 10.8. The molecule has 12 heavy (non-hydrogen) atoms. The van der Waals surface area contributed by atoms with E-state index in [-0.39, 0.29) is 17.8 Å². The maximum Gasteiger partial charge on any atom is 0.186 e. The Morgan fingerprint density at radius 3 is 2.42 bits per heavy atom. The molecular weight excluding hydrogens is 158 g/mol. The summed E-state index contributed by atoms with van der Waals surface area (Å²) in [5.41, 5.74) is 9.08. The van der Waals surface area contributed by atoms with Gasteiger partial charge in [0, 0.05) is 12.8 Å². The second-order valence-corrected chi connectivity index (χ2v) is 3.20. The number of aliphatic imine (C=N–C) groups is 1. The molecule has 0 atom stereocenters. The van der Waals surface area contributed by atoms with Crippen molar-refractivity contribution in [2.75, 3.05) is 0 Å². The monoisotopic (exact) mass is 171 g/mol. The van der Waals surface area contributed by atoms with E-state index in [2.05, 4.69) is 4.99 Å². The number of guanidine groups is 1. The van der Waals surface area contributed by atoms with Gasteiger partial charge in [0.15, 0.2) is 11.7 Å². The van der Waals surface area contributed by atoms with Gasteiger partial charge >= 0.3 is 0 Å². The van der Waals surface area contributed by atoms with E-state index in [0.29, 0.717) is 12.8 Å². The zero-order valence-corrected chi connectivity index (χ0v) is 6.95. The Hall–Kier alpha value is -1.10. The van der Waals surface area contributed by atoms with E-state index in [1.165, 1.54) is 6.92 Å². The average Bonchev–Trinajstić information content (AvgIpc) is 1.82. The number of Topliss-reactive ketones (excluding diaryl/α,β-unsaturated/α-hetero) is 1. The molecule has 1 saturated carbocycles. The molecule has 5 heteroatoms. The maximum absolute atomic E-state index is 10.8. The molecule has 0 heterocycles. The lowest BCUT2D eigenvalue weighted by Crippen LogP contribution is -2.52. The quantitative estimate of drug-likeness (QED) is 0.356. The van der Waals surface area contributed by atoms with Crippen LogP contribution in [-0.4, -0.2) is 28.5 Å². The number of carbonyl (C=O) groups is 1. The first-order valence-corrected chi connectivity index (χ1v) is 3.76. The van der Waals surface area contributed by atoms with Crippen LogP contribution in [0.2, 0.25) is 0 Å². The molecule has 5 nitrogen and oxygen atoms in total. The first-order valence-electron chi connectivity index (χ1n) is 3.76. The molecule has 1 aliphatic rings. The summed E-state index contributed by atoms with van der Waals surface area (Å²) in [6, 6.07) is -0.0936. The zero-order chi connectivity index (χ0) is 9.35. The first kappa shape index (κ1) is 8.99. The topological polar surface area (TPSA) is 102 Å². The van der Waals surface area contributed by atoms with E-state index in [0.717, 1.165) is 0 Å². The summed E-state index contributed by atoms with van der Waals surface area (Å²) in [5.74, 6) is -0.213. The van der Waals surface area contributed by atoms with Crippen molar-refractivity contribution < 1.29 is 9.90 Å². The van der Waals surface area contributed by atoms with Gasteiger partial charge in [0.25, 0.3) is 0 Å². The largest absolute Gasteiger partial charge is 0.382 e. The summed E-state index contributed by atoms with van der Waals surface area (Å²) in [4.78, 5) is 14.6. The second-order valence-electron chi connectivity index (χ2n) is 3.20. The van der Waals surface area contributed by atoms with Crippen LogP contribution in [0.25, 0.3) is 0 Å². The molecule has 1 aliphatic carbocycles. The number of nitrogens with two attached hydrogens (primary N) is 2. The van der Waals surface area contributed by atoms with Gasteiger partial charge in [0.2, 0.25) is 0 Å². The molecule has 0 saturated heterocycles. The normalized spacial score (nSPS) is 33.7. The highest BCUT2D eigenvalue weighted by atomic mass is 16.3. The van der Waals surface area contributed by atoms with E-state index in [1.807, 2.05) is 0 Å². The summed E-state index contributed by atoms with van der Waals surface area (Å²) in [5, 5.41) is 9.47. The fourth-order valence-electron chi connectivity index (χ4n) is 1.31. The number of hydrogen-bond donors (Lipinski definition) is 3. The minimum Gasteiger partial charge on any atom is -0.382 e. The second kappa shape index (κ2) is 2.75. The van der Waals surface area contributed by atoms with Crippen molar-refractivity contribution in [3.63, 3.8) is 0 Å². The fourth-order valence-corrected chi connectivity index (χ4v) is 1.31. The van der Waals surface area contributed by atoms with Gasteiger partial charge in [0.1, 0.15) is 5.60 Å². The number of carbonyl (C=O) groups excluding carboxylic acids is 1. The van der Waals surface area contributed by atoms with Crippen LogP contribution in [0.4, 0.5) is 0 Å². The van der Waals surface area contributed by atoms with Gasteiger partial charge in [-0.3, -0.25) is 9.79 Å². The van der Waals surface area contributed by atoms with Crippen LogP contribution in [0.3, 0.4) is 0 Å². The summed E-state index contributed by atoms with van der Waals surface area (Å²) < 4.78 is 0. The lowest BCUT2D eigenvalue weighted by atomic mass is 9.73. The predicted octanol–water partition coefficient (Wildman–Crippen LogP) is -1.26. The Morgan fingerprint density at radius 1 is 1.58 bits per heavy atom. The van der Waals surface area contributed by atoms with Crippen LogP contribution in [0.15, 0.2) is 4.99 Å². The minimum atomic E-state index is -1.18. The van der Waals surface area contributed by atoms with Crippen molar-refractivity contribution in [3.8, 4) is 0 Å². The molecule has 1 fully saturated rings. The molecule has 0 aromatic carbocycles. The molecule has 5 N–H and O–H groups in total.